The van der Waals surface area contributed by atoms with Gasteiger partial charge in [0.15, 0.2) is 0 Å². The summed E-state index contributed by atoms with van der Waals surface area (Å²) >= 11 is 6.22. The van der Waals surface area contributed by atoms with Crippen LogP contribution in [0.25, 0.3) is 11.0 Å². The minimum Gasteiger partial charge on any atom is -0.508 e. The number of hydrogen-bond acceptors (Lipinski definition) is 5. The average Bonchev–Trinajstić information content (AvgIpc) is 3.38. The zero-order valence-electron chi connectivity index (χ0n) is 18.0. The summed E-state index contributed by atoms with van der Waals surface area (Å²) in [5.74, 6) is 0.591. The molecule has 1 atom stereocenters. The van der Waals surface area contributed by atoms with Crippen molar-refractivity contribution < 1.29 is 19.1 Å². The Labute approximate surface area is 196 Å². The van der Waals surface area contributed by atoms with Crippen LogP contribution < -0.4 is 10.6 Å². The number of nitrogens with zero attached hydrogens (tertiary/aromatic N) is 1. The molecule has 0 spiro atoms. The Bertz CT molecular complexity index is 1250. The zero-order valence-corrected chi connectivity index (χ0v) is 18.8. The van der Waals surface area contributed by atoms with E-state index in [0.29, 0.717) is 35.5 Å². The third kappa shape index (κ3) is 5.45. The lowest BCUT2D eigenvalue weighted by atomic mass is 10.1. The Balaban J connectivity index is 1.41. The molecule has 0 saturated carbocycles. The van der Waals surface area contributed by atoms with E-state index in [1.807, 2.05) is 25.3 Å². The van der Waals surface area contributed by atoms with Crippen LogP contribution in [0.1, 0.15) is 21.7 Å². The smallest absolute Gasteiger partial charge is 0.251 e. The number of rotatable bonds is 9. The number of anilines is 1. The number of carbonyl (C=O) groups is 2. The number of halogens is 1. The Morgan fingerprint density at radius 2 is 2.09 bits per heavy atom. The van der Waals surface area contributed by atoms with Gasteiger partial charge in [-0.05, 0) is 55.1 Å². The average molecular weight is 466 g/mol. The number of furan rings is 1. The number of hydrogen-bond donors (Lipinski definition) is 3. The van der Waals surface area contributed by atoms with Gasteiger partial charge in [0.2, 0.25) is 6.41 Å². The van der Waals surface area contributed by atoms with E-state index in [1.165, 1.54) is 0 Å². The second-order valence-electron chi connectivity index (χ2n) is 7.99. The van der Waals surface area contributed by atoms with Crippen LogP contribution in [0.3, 0.4) is 0 Å². The van der Waals surface area contributed by atoms with Crippen LogP contribution in [-0.4, -0.2) is 35.9 Å². The molecule has 1 heterocycles. The van der Waals surface area contributed by atoms with Gasteiger partial charge < -0.3 is 25.1 Å². The molecule has 8 heteroatoms. The number of aromatic hydroxyl groups is 1. The Morgan fingerprint density at radius 3 is 2.85 bits per heavy atom. The summed E-state index contributed by atoms with van der Waals surface area (Å²) in [6.45, 7) is 1.51. The van der Waals surface area contributed by atoms with Gasteiger partial charge in [-0.2, -0.15) is 0 Å². The molecule has 0 radical (unpaired) electrons. The monoisotopic (exact) mass is 465 g/mol. The molecule has 0 aliphatic heterocycles. The van der Waals surface area contributed by atoms with Crippen LogP contribution in [0.15, 0.2) is 70.1 Å². The van der Waals surface area contributed by atoms with Crippen molar-refractivity contribution in [3.05, 3.63) is 82.6 Å². The van der Waals surface area contributed by atoms with Crippen LogP contribution in [0, 0.1) is 5.92 Å². The molecule has 33 heavy (non-hydrogen) atoms. The predicted octanol–water partition coefficient (Wildman–Crippen LogP) is 4.38. The molecule has 3 N–H and O–H groups in total. The van der Waals surface area contributed by atoms with Crippen molar-refractivity contribution in [2.75, 3.05) is 18.9 Å². The Hall–Kier alpha value is -3.55. The summed E-state index contributed by atoms with van der Waals surface area (Å²) in [5.41, 5.74) is 2.52. The first-order valence-corrected chi connectivity index (χ1v) is 10.9. The number of fused-ring (bicyclic) bond motifs is 1. The normalized spacial score (nSPS) is 15.1. The van der Waals surface area contributed by atoms with E-state index in [2.05, 4.69) is 21.6 Å². The molecule has 0 fully saturated rings. The van der Waals surface area contributed by atoms with Crippen molar-refractivity contribution in [2.45, 2.75) is 13.1 Å². The molecular weight excluding hydrogens is 442 g/mol. The largest absolute Gasteiger partial charge is 0.508 e. The molecule has 1 aromatic heterocycles. The second-order valence-corrected chi connectivity index (χ2v) is 8.43. The van der Waals surface area contributed by atoms with Gasteiger partial charge in [0, 0.05) is 40.7 Å². The van der Waals surface area contributed by atoms with Crippen LogP contribution in [-0.2, 0) is 17.9 Å². The van der Waals surface area contributed by atoms with Gasteiger partial charge in [-0.15, -0.1) is 0 Å². The van der Waals surface area contributed by atoms with Crippen molar-refractivity contribution in [3.8, 4) is 5.75 Å². The van der Waals surface area contributed by atoms with E-state index in [-0.39, 0.29) is 24.1 Å². The summed E-state index contributed by atoms with van der Waals surface area (Å²) in [5, 5.41) is 16.7. The van der Waals surface area contributed by atoms with E-state index in [9.17, 15) is 14.7 Å². The molecule has 170 valence electrons. The number of amides is 2. The van der Waals surface area contributed by atoms with E-state index in [1.54, 1.807) is 36.4 Å². The lowest BCUT2D eigenvalue weighted by Crippen LogP contribution is -2.25. The molecule has 3 aromatic rings. The van der Waals surface area contributed by atoms with Crippen molar-refractivity contribution in [3.63, 3.8) is 0 Å². The lowest BCUT2D eigenvalue weighted by molar-refractivity contribution is -0.105. The van der Waals surface area contributed by atoms with Crippen molar-refractivity contribution >= 4 is 40.6 Å². The van der Waals surface area contributed by atoms with Crippen molar-refractivity contribution in [1.29, 1.82) is 0 Å². The Morgan fingerprint density at radius 1 is 1.24 bits per heavy atom. The van der Waals surface area contributed by atoms with Gasteiger partial charge in [0.25, 0.3) is 5.91 Å². The van der Waals surface area contributed by atoms with Gasteiger partial charge in [-0.25, -0.2) is 0 Å². The van der Waals surface area contributed by atoms with E-state index < -0.39 is 0 Å². The lowest BCUT2D eigenvalue weighted by Gasteiger charge is -2.22. The highest BCUT2D eigenvalue weighted by molar-refractivity contribution is 6.30. The quantitative estimate of drug-likeness (QED) is 0.408. The molecule has 7 nitrogen and oxygen atoms in total. The predicted molar refractivity (Wildman–Crippen MR) is 128 cm³/mol. The van der Waals surface area contributed by atoms with E-state index in [4.69, 9.17) is 16.0 Å². The number of phenolic OH excluding ortho intramolecular Hbond substituents is 1. The fourth-order valence-corrected chi connectivity index (χ4v) is 4.05. The molecular formula is C25H24ClN3O4. The van der Waals surface area contributed by atoms with Gasteiger partial charge in [-0.3, -0.25) is 9.59 Å². The molecule has 1 aliphatic carbocycles. The first-order chi connectivity index (χ1) is 15.9. The van der Waals surface area contributed by atoms with Crippen LogP contribution >= 0.6 is 11.6 Å². The summed E-state index contributed by atoms with van der Waals surface area (Å²) in [6, 6.07) is 11.8. The molecule has 1 aliphatic rings. The maximum atomic E-state index is 12.7. The third-order valence-corrected chi connectivity index (χ3v) is 5.87. The number of benzene rings is 2. The van der Waals surface area contributed by atoms with Gasteiger partial charge in [-0.1, -0.05) is 29.8 Å². The molecule has 4 rings (SSSR count). The molecule has 2 aromatic carbocycles. The van der Waals surface area contributed by atoms with Crippen LogP contribution in [0.2, 0.25) is 0 Å². The second kappa shape index (κ2) is 9.94. The van der Waals surface area contributed by atoms with Crippen molar-refractivity contribution in [1.82, 2.24) is 10.2 Å². The molecule has 0 bridgehead atoms. The topological polar surface area (TPSA) is 94.8 Å². The third-order valence-electron chi connectivity index (χ3n) is 5.46. The van der Waals surface area contributed by atoms with Crippen molar-refractivity contribution in [2.24, 2.45) is 5.92 Å². The summed E-state index contributed by atoms with van der Waals surface area (Å²) in [4.78, 5) is 26.0. The first kappa shape index (κ1) is 22.6. The van der Waals surface area contributed by atoms with Gasteiger partial charge in [0.05, 0.1) is 6.54 Å². The number of allylic oxidation sites excluding steroid dienone is 2. The molecule has 2 amide bonds. The molecule has 1 unspecified atom stereocenters. The SMILES string of the molecule is CN(Cc1ccc(C(=O)NCc2cc3cc(O)ccc3o2)cc1NC=O)CC1C=CC=C1Cl. The summed E-state index contributed by atoms with van der Waals surface area (Å²) < 4.78 is 5.69. The number of phenols is 1. The highest BCUT2D eigenvalue weighted by atomic mass is 35.5. The van der Waals surface area contributed by atoms with Gasteiger partial charge >= 0.3 is 0 Å². The first-order valence-electron chi connectivity index (χ1n) is 10.5. The standard InChI is InChI=1S/C25H24ClN3O4/c1-29(13-17-3-2-4-22(17)26)14-18-6-5-16(11-23(18)28-15-30)25(32)27-12-21-10-19-9-20(31)7-8-24(19)33-21/h2-11,15,17,31H,12-14H2,1H3,(H,27,32)(H,28,30). The van der Waals surface area contributed by atoms with E-state index in [0.717, 1.165) is 22.5 Å². The maximum Gasteiger partial charge on any atom is 0.251 e. The van der Waals surface area contributed by atoms with Gasteiger partial charge in [0.1, 0.15) is 17.1 Å². The van der Waals surface area contributed by atoms with Crippen LogP contribution in [0.5, 0.6) is 5.75 Å². The zero-order chi connectivity index (χ0) is 23.4. The Kier molecular flexibility index (Phi) is 6.82. The number of carbonyl (C=O) groups excluding carboxylic acids is 2. The fraction of sp³-hybridized carbons (Fsp3) is 0.200. The van der Waals surface area contributed by atoms with E-state index >= 15 is 0 Å². The van der Waals surface area contributed by atoms with Crippen LogP contribution in [0.4, 0.5) is 5.69 Å². The number of nitrogens with one attached hydrogen (secondary N) is 2. The summed E-state index contributed by atoms with van der Waals surface area (Å²) in [7, 11) is 1.98. The highest BCUT2D eigenvalue weighted by Gasteiger charge is 2.17. The fourth-order valence-electron chi connectivity index (χ4n) is 3.83. The molecule has 0 saturated heterocycles. The minimum absolute atomic E-state index is 0.152. The summed E-state index contributed by atoms with van der Waals surface area (Å²) in [6.07, 6.45) is 6.50. The maximum absolute atomic E-state index is 12.7. The minimum atomic E-state index is -0.292. The highest BCUT2D eigenvalue weighted by Crippen LogP contribution is 2.26.